The van der Waals surface area contributed by atoms with Crippen molar-refractivity contribution in [2.75, 3.05) is 0 Å². The Morgan fingerprint density at radius 3 is 2.18 bits per heavy atom. The topological polar surface area (TPSA) is 30.7 Å². The van der Waals surface area contributed by atoms with E-state index in [1.807, 2.05) is 30.7 Å². The lowest BCUT2D eigenvalue weighted by molar-refractivity contribution is 0.767. The van der Waals surface area contributed by atoms with Crippen LogP contribution in [0.15, 0.2) is 164 Å². The molecule has 0 bridgehead atoms. The van der Waals surface area contributed by atoms with Crippen molar-refractivity contribution in [3.8, 4) is 28.1 Å². The second kappa shape index (κ2) is 10.2. The van der Waals surface area contributed by atoms with Crippen molar-refractivity contribution >= 4 is 44.7 Å². The fourth-order valence-electron chi connectivity index (χ4n) is 8.92. The third-order valence-electron chi connectivity index (χ3n) is 11.0. The Morgan fingerprint density at radius 2 is 1.26 bits per heavy atom. The molecule has 6 aromatic carbocycles. The summed E-state index contributed by atoms with van der Waals surface area (Å²) in [7, 11) is 0. The molecule has 0 N–H and O–H groups in total. The molecule has 11 rings (SSSR count). The van der Waals surface area contributed by atoms with Crippen LogP contribution in [-0.4, -0.2) is 14.5 Å². The van der Waals surface area contributed by atoms with E-state index in [0.29, 0.717) is 0 Å². The zero-order chi connectivity index (χ0) is 32.8. The molecule has 3 heteroatoms. The summed E-state index contributed by atoms with van der Waals surface area (Å²) in [6, 6.07) is 53.6. The maximum Gasteiger partial charge on any atom is 0.137 e. The molecule has 0 aliphatic heterocycles. The molecule has 0 radical (unpaired) electrons. The van der Waals surface area contributed by atoms with Crippen molar-refractivity contribution in [1.29, 1.82) is 0 Å². The van der Waals surface area contributed by atoms with E-state index in [4.69, 9.17) is 4.98 Å². The second-order valence-electron chi connectivity index (χ2n) is 13.4. The van der Waals surface area contributed by atoms with E-state index in [2.05, 4.69) is 155 Å². The van der Waals surface area contributed by atoms with E-state index >= 15 is 0 Å². The van der Waals surface area contributed by atoms with Crippen LogP contribution in [0.5, 0.6) is 0 Å². The monoisotopic (exact) mass is 635 g/mol. The molecular formula is C47H29N3. The van der Waals surface area contributed by atoms with Gasteiger partial charge in [0.05, 0.1) is 22.6 Å². The molecule has 0 saturated heterocycles. The van der Waals surface area contributed by atoms with Gasteiger partial charge in [0.15, 0.2) is 0 Å². The Morgan fingerprint density at radius 1 is 0.480 bits per heavy atom. The molecule has 0 fully saturated rings. The molecular weight excluding hydrogens is 607 g/mol. The molecule has 1 atom stereocenters. The van der Waals surface area contributed by atoms with Crippen LogP contribution in [-0.2, 0) is 5.41 Å². The molecule has 9 aromatic rings. The first-order chi connectivity index (χ1) is 24.8. The minimum atomic E-state index is -0.494. The van der Waals surface area contributed by atoms with Crippen molar-refractivity contribution in [3.63, 3.8) is 0 Å². The minimum Gasteiger partial charge on any atom is -0.292 e. The van der Waals surface area contributed by atoms with Crippen molar-refractivity contribution in [2.24, 2.45) is 0 Å². The molecule has 2 aliphatic rings. The molecule has 50 heavy (non-hydrogen) atoms. The summed E-state index contributed by atoms with van der Waals surface area (Å²) in [6.45, 7) is 0. The molecule has 1 spiro atoms. The van der Waals surface area contributed by atoms with Gasteiger partial charge in [0.25, 0.3) is 0 Å². The molecule has 232 valence electrons. The normalized spacial score (nSPS) is 15.6. The van der Waals surface area contributed by atoms with Gasteiger partial charge in [-0.25, -0.2) is 4.98 Å². The zero-order valence-corrected chi connectivity index (χ0v) is 27.1. The Kier molecular flexibility index (Phi) is 5.59. The summed E-state index contributed by atoms with van der Waals surface area (Å²) in [6.07, 6.45) is 10.3. The molecule has 3 aromatic heterocycles. The van der Waals surface area contributed by atoms with Gasteiger partial charge < -0.3 is 0 Å². The number of benzene rings is 6. The smallest absolute Gasteiger partial charge is 0.137 e. The summed E-state index contributed by atoms with van der Waals surface area (Å²) < 4.78 is 2.21. The van der Waals surface area contributed by atoms with Crippen molar-refractivity contribution in [3.05, 3.63) is 198 Å². The second-order valence-corrected chi connectivity index (χ2v) is 13.4. The molecule has 0 saturated carbocycles. The van der Waals surface area contributed by atoms with Gasteiger partial charge in [0, 0.05) is 23.2 Å². The fourth-order valence-corrected chi connectivity index (χ4v) is 8.92. The number of hydrogen-bond acceptors (Lipinski definition) is 2. The van der Waals surface area contributed by atoms with E-state index < -0.39 is 5.41 Å². The highest BCUT2D eigenvalue weighted by atomic mass is 15.1. The molecule has 2 aliphatic carbocycles. The van der Waals surface area contributed by atoms with E-state index in [-0.39, 0.29) is 0 Å². The summed E-state index contributed by atoms with van der Waals surface area (Å²) >= 11 is 0. The average molecular weight is 636 g/mol. The van der Waals surface area contributed by atoms with Crippen LogP contribution in [0, 0.1) is 0 Å². The Hall–Kier alpha value is -6.58. The summed E-state index contributed by atoms with van der Waals surface area (Å²) in [4.78, 5) is 9.19. The van der Waals surface area contributed by atoms with Crippen LogP contribution in [0.3, 0.4) is 0 Å². The first-order valence-electron chi connectivity index (χ1n) is 17.1. The van der Waals surface area contributed by atoms with Crippen LogP contribution in [0.4, 0.5) is 0 Å². The number of hydrogen-bond donors (Lipinski definition) is 0. The first kappa shape index (κ1) is 27.4. The maximum atomic E-state index is 4.70. The van der Waals surface area contributed by atoms with Gasteiger partial charge in [-0.2, -0.15) is 0 Å². The lowest BCUT2D eigenvalue weighted by Gasteiger charge is -2.35. The quantitative estimate of drug-likeness (QED) is 0.189. The van der Waals surface area contributed by atoms with Crippen LogP contribution in [0.2, 0.25) is 0 Å². The van der Waals surface area contributed by atoms with Crippen LogP contribution in [0.1, 0.15) is 33.4 Å². The fraction of sp³-hybridized carbons (Fsp3) is 0.0213. The van der Waals surface area contributed by atoms with Crippen molar-refractivity contribution in [1.82, 2.24) is 14.5 Å². The van der Waals surface area contributed by atoms with Crippen LogP contribution >= 0.6 is 0 Å². The standard InChI is InChI=1S/C47H29N3/c1-3-11-35-30(9-1)20-22-41-46(35)37-12-4-6-14-40(37)47(41)39-13-5-2-10-31(39)16-17-32-18-19-34(28-42(32)47)33-21-23-43-38(27-33)36-24-26-48-29-44(36)50(43)45-15-7-8-25-49-45/h1-29H. The molecule has 3 nitrogen and oxygen atoms in total. The van der Waals surface area contributed by atoms with E-state index in [9.17, 15) is 0 Å². The number of aromatic nitrogens is 3. The van der Waals surface area contributed by atoms with E-state index in [0.717, 1.165) is 22.2 Å². The Labute approximate surface area is 289 Å². The summed E-state index contributed by atoms with van der Waals surface area (Å²) in [5, 5.41) is 4.91. The number of fused-ring (bicyclic) bond motifs is 14. The first-order valence-corrected chi connectivity index (χ1v) is 17.1. The third kappa shape index (κ3) is 3.58. The maximum absolute atomic E-state index is 4.70. The minimum absolute atomic E-state index is 0.494. The lowest BCUT2D eigenvalue weighted by atomic mass is 9.65. The van der Waals surface area contributed by atoms with Gasteiger partial charge in [-0.05, 0) is 103 Å². The number of nitrogens with zero attached hydrogens (tertiary/aromatic N) is 3. The van der Waals surface area contributed by atoms with Gasteiger partial charge in [-0.3, -0.25) is 9.55 Å². The van der Waals surface area contributed by atoms with E-state index in [1.54, 1.807) is 0 Å². The van der Waals surface area contributed by atoms with Crippen LogP contribution < -0.4 is 0 Å². The number of rotatable bonds is 2. The van der Waals surface area contributed by atoms with Gasteiger partial charge in [-0.15, -0.1) is 0 Å². The highest BCUT2D eigenvalue weighted by molar-refractivity contribution is 6.10. The van der Waals surface area contributed by atoms with Crippen LogP contribution in [0.25, 0.3) is 72.8 Å². The molecule has 3 heterocycles. The highest BCUT2D eigenvalue weighted by Gasteiger charge is 2.49. The van der Waals surface area contributed by atoms with Gasteiger partial charge in [0.1, 0.15) is 5.82 Å². The Bertz CT molecular complexity index is 2880. The van der Waals surface area contributed by atoms with Gasteiger partial charge in [-0.1, -0.05) is 121 Å². The highest BCUT2D eigenvalue weighted by Crippen LogP contribution is 2.60. The third-order valence-corrected chi connectivity index (χ3v) is 11.0. The molecule has 0 amide bonds. The van der Waals surface area contributed by atoms with Crippen molar-refractivity contribution in [2.45, 2.75) is 5.41 Å². The van der Waals surface area contributed by atoms with Gasteiger partial charge >= 0.3 is 0 Å². The van der Waals surface area contributed by atoms with Crippen molar-refractivity contribution < 1.29 is 0 Å². The molecule has 1 unspecified atom stereocenters. The largest absolute Gasteiger partial charge is 0.292 e. The number of pyridine rings is 2. The zero-order valence-electron chi connectivity index (χ0n) is 27.1. The Balaban J connectivity index is 1.21. The average Bonchev–Trinajstić information content (AvgIpc) is 3.62. The summed E-state index contributed by atoms with van der Waals surface area (Å²) in [5.74, 6) is 0.886. The predicted octanol–water partition coefficient (Wildman–Crippen LogP) is 11.2. The predicted molar refractivity (Wildman–Crippen MR) is 206 cm³/mol. The van der Waals surface area contributed by atoms with Gasteiger partial charge in [0.2, 0.25) is 0 Å². The summed E-state index contributed by atoms with van der Waals surface area (Å²) in [5.41, 5.74) is 14.5. The SMILES string of the molecule is C1=Cc2ccc(-c3ccc4c(c3)c3ccncc3n4-c3ccccn3)cc2C2(c3ccccc31)c1ccccc1-c1c2ccc2ccccc12. The van der Waals surface area contributed by atoms with E-state index in [1.165, 1.54) is 71.8 Å². The lowest BCUT2D eigenvalue weighted by Crippen LogP contribution is -2.30.